The normalized spacial score (nSPS) is 10.5. The average Bonchev–Trinajstić information content (AvgIpc) is 2.41. The molecule has 0 fully saturated rings. The van der Waals surface area contributed by atoms with Crippen molar-refractivity contribution in [3.8, 4) is 0 Å². The SMILES string of the molecule is Cc1ccc(CCC(=O)c2ccc(Cl)c(C)c2)cc1. The van der Waals surface area contributed by atoms with Crippen LogP contribution in [-0.4, -0.2) is 5.78 Å². The lowest BCUT2D eigenvalue weighted by Crippen LogP contribution is -2.01. The van der Waals surface area contributed by atoms with Crippen LogP contribution in [0.15, 0.2) is 42.5 Å². The molecular formula is C17H17ClO. The Kier molecular flexibility index (Phi) is 4.39. The van der Waals surface area contributed by atoms with Crippen LogP contribution in [0.3, 0.4) is 0 Å². The topological polar surface area (TPSA) is 17.1 Å². The van der Waals surface area contributed by atoms with Crippen molar-refractivity contribution in [1.82, 2.24) is 0 Å². The summed E-state index contributed by atoms with van der Waals surface area (Å²) in [5, 5.41) is 0.704. The van der Waals surface area contributed by atoms with Crippen LogP contribution in [0.4, 0.5) is 0 Å². The van der Waals surface area contributed by atoms with Crippen LogP contribution in [0.5, 0.6) is 0 Å². The van der Waals surface area contributed by atoms with Gasteiger partial charge in [-0.25, -0.2) is 0 Å². The first-order valence-corrected chi connectivity index (χ1v) is 6.79. The largest absolute Gasteiger partial charge is 0.294 e. The molecule has 2 aromatic carbocycles. The van der Waals surface area contributed by atoms with Crippen molar-refractivity contribution in [2.24, 2.45) is 0 Å². The molecule has 1 nitrogen and oxygen atoms in total. The van der Waals surface area contributed by atoms with Crippen molar-refractivity contribution >= 4 is 17.4 Å². The van der Waals surface area contributed by atoms with Crippen LogP contribution in [-0.2, 0) is 6.42 Å². The van der Waals surface area contributed by atoms with E-state index in [4.69, 9.17) is 11.6 Å². The Morgan fingerprint density at radius 3 is 2.37 bits per heavy atom. The quantitative estimate of drug-likeness (QED) is 0.733. The van der Waals surface area contributed by atoms with Gasteiger partial charge in [-0.1, -0.05) is 41.4 Å². The third-order valence-electron chi connectivity index (χ3n) is 3.24. The van der Waals surface area contributed by atoms with Gasteiger partial charge in [0.15, 0.2) is 5.78 Å². The molecule has 0 saturated heterocycles. The number of hydrogen-bond acceptors (Lipinski definition) is 1. The Hall–Kier alpha value is -1.60. The summed E-state index contributed by atoms with van der Waals surface area (Å²) < 4.78 is 0. The lowest BCUT2D eigenvalue weighted by atomic mass is 10.0. The summed E-state index contributed by atoms with van der Waals surface area (Å²) in [6.45, 7) is 3.98. The fraction of sp³-hybridized carbons (Fsp3) is 0.235. The molecule has 2 rings (SSSR count). The van der Waals surface area contributed by atoms with E-state index in [1.54, 1.807) is 12.1 Å². The maximum Gasteiger partial charge on any atom is 0.163 e. The van der Waals surface area contributed by atoms with Gasteiger partial charge in [-0.3, -0.25) is 4.79 Å². The first kappa shape index (κ1) is 13.8. The van der Waals surface area contributed by atoms with Crippen molar-refractivity contribution in [3.05, 3.63) is 69.7 Å². The molecule has 0 aliphatic rings. The zero-order valence-corrected chi connectivity index (χ0v) is 12.0. The highest BCUT2D eigenvalue weighted by atomic mass is 35.5. The zero-order valence-electron chi connectivity index (χ0n) is 11.2. The minimum absolute atomic E-state index is 0.167. The Labute approximate surface area is 119 Å². The van der Waals surface area contributed by atoms with Crippen LogP contribution in [0.25, 0.3) is 0 Å². The number of carbonyl (C=O) groups is 1. The number of hydrogen-bond donors (Lipinski definition) is 0. The van der Waals surface area contributed by atoms with E-state index in [2.05, 4.69) is 31.2 Å². The van der Waals surface area contributed by atoms with Crippen LogP contribution < -0.4 is 0 Å². The molecule has 0 N–H and O–H groups in total. The van der Waals surface area contributed by atoms with Crippen LogP contribution in [0.2, 0.25) is 5.02 Å². The van der Waals surface area contributed by atoms with Crippen molar-refractivity contribution < 1.29 is 4.79 Å². The second kappa shape index (κ2) is 6.03. The zero-order chi connectivity index (χ0) is 13.8. The molecule has 0 atom stereocenters. The molecular weight excluding hydrogens is 256 g/mol. The van der Waals surface area contributed by atoms with Gasteiger partial charge in [0.25, 0.3) is 0 Å². The second-order valence-corrected chi connectivity index (χ2v) is 5.28. The van der Waals surface area contributed by atoms with E-state index < -0.39 is 0 Å². The lowest BCUT2D eigenvalue weighted by molar-refractivity contribution is 0.0983. The molecule has 2 aromatic rings. The van der Waals surface area contributed by atoms with Gasteiger partial charge in [0.1, 0.15) is 0 Å². The number of carbonyl (C=O) groups excluding carboxylic acids is 1. The molecule has 98 valence electrons. The Bertz CT molecular complexity index is 585. The van der Waals surface area contributed by atoms with Crippen molar-refractivity contribution in [2.75, 3.05) is 0 Å². The summed E-state index contributed by atoms with van der Waals surface area (Å²) in [7, 11) is 0. The highest BCUT2D eigenvalue weighted by Crippen LogP contribution is 2.18. The number of halogens is 1. The van der Waals surface area contributed by atoms with E-state index in [9.17, 15) is 4.79 Å². The lowest BCUT2D eigenvalue weighted by Gasteiger charge is -2.04. The first-order chi connectivity index (χ1) is 9.06. The maximum absolute atomic E-state index is 12.1. The summed E-state index contributed by atoms with van der Waals surface area (Å²) in [4.78, 5) is 12.1. The third kappa shape index (κ3) is 3.68. The summed E-state index contributed by atoms with van der Waals surface area (Å²) >= 11 is 5.96. The smallest absolute Gasteiger partial charge is 0.163 e. The molecule has 0 aliphatic heterocycles. The van der Waals surface area contributed by atoms with E-state index in [0.717, 1.165) is 17.5 Å². The van der Waals surface area contributed by atoms with E-state index in [1.807, 2.05) is 13.0 Å². The summed E-state index contributed by atoms with van der Waals surface area (Å²) in [6, 6.07) is 13.8. The molecule has 0 unspecified atom stereocenters. The van der Waals surface area contributed by atoms with Gasteiger partial charge in [0.05, 0.1) is 0 Å². The van der Waals surface area contributed by atoms with Crippen molar-refractivity contribution in [2.45, 2.75) is 26.7 Å². The first-order valence-electron chi connectivity index (χ1n) is 6.41. The molecule has 0 saturated carbocycles. The minimum Gasteiger partial charge on any atom is -0.294 e. The van der Waals surface area contributed by atoms with Crippen LogP contribution in [0.1, 0.15) is 33.5 Å². The molecule has 0 aliphatic carbocycles. The summed E-state index contributed by atoms with van der Waals surface area (Å²) in [5.41, 5.74) is 4.13. The number of rotatable bonds is 4. The predicted octanol–water partition coefficient (Wildman–Crippen LogP) is 4.77. The Balaban J connectivity index is 2.01. The number of aryl methyl sites for hydroxylation is 3. The molecule has 0 spiro atoms. The van der Waals surface area contributed by atoms with E-state index in [-0.39, 0.29) is 5.78 Å². The summed E-state index contributed by atoms with van der Waals surface area (Å²) in [6.07, 6.45) is 1.31. The monoisotopic (exact) mass is 272 g/mol. The van der Waals surface area contributed by atoms with E-state index >= 15 is 0 Å². The molecule has 2 heteroatoms. The van der Waals surface area contributed by atoms with Crippen LogP contribution in [0, 0.1) is 13.8 Å². The Morgan fingerprint density at radius 1 is 1.05 bits per heavy atom. The van der Waals surface area contributed by atoms with E-state index in [0.29, 0.717) is 11.4 Å². The van der Waals surface area contributed by atoms with Gasteiger partial charge < -0.3 is 0 Å². The molecule has 0 bridgehead atoms. The minimum atomic E-state index is 0.167. The molecule has 0 amide bonds. The molecule has 0 aromatic heterocycles. The standard InChI is InChI=1S/C17H17ClO/c1-12-3-5-14(6-4-12)7-10-17(19)15-8-9-16(18)13(2)11-15/h3-6,8-9,11H,7,10H2,1-2H3. The summed E-state index contributed by atoms with van der Waals surface area (Å²) in [5.74, 6) is 0.167. The van der Waals surface area contributed by atoms with Gasteiger partial charge >= 0.3 is 0 Å². The van der Waals surface area contributed by atoms with Gasteiger partial charge in [-0.05, 0) is 49.6 Å². The molecule has 0 heterocycles. The molecule has 19 heavy (non-hydrogen) atoms. The average molecular weight is 273 g/mol. The third-order valence-corrected chi connectivity index (χ3v) is 3.67. The van der Waals surface area contributed by atoms with Gasteiger partial charge in [0, 0.05) is 17.0 Å². The van der Waals surface area contributed by atoms with E-state index in [1.165, 1.54) is 11.1 Å². The Morgan fingerprint density at radius 2 is 1.74 bits per heavy atom. The fourth-order valence-corrected chi connectivity index (χ4v) is 2.09. The second-order valence-electron chi connectivity index (χ2n) is 4.87. The van der Waals surface area contributed by atoms with Gasteiger partial charge in [0.2, 0.25) is 0 Å². The van der Waals surface area contributed by atoms with Crippen molar-refractivity contribution in [3.63, 3.8) is 0 Å². The maximum atomic E-state index is 12.1. The fourth-order valence-electron chi connectivity index (χ4n) is 1.98. The van der Waals surface area contributed by atoms with Crippen molar-refractivity contribution in [1.29, 1.82) is 0 Å². The van der Waals surface area contributed by atoms with Crippen LogP contribution >= 0.6 is 11.6 Å². The highest BCUT2D eigenvalue weighted by molar-refractivity contribution is 6.31. The highest BCUT2D eigenvalue weighted by Gasteiger charge is 2.07. The number of ketones is 1. The molecule has 0 radical (unpaired) electrons. The number of Topliss-reactive ketones (excluding diaryl/α,β-unsaturated/α-hetero) is 1. The van der Waals surface area contributed by atoms with Gasteiger partial charge in [-0.15, -0.1) is 0 Å². The van der Waals surface area contributed by atoms with Gasteiger partial charge in [-0.2, -0.15) is 0 Å². The number of benzene rings is 2. The predicted molar refractivity (Wildman–Crippen MR) is 80.0 cm³/mol.